The Morgan fingerprint density at radius 3 is 2.20 bits per heavy atom. The van der Waals surface area contributed by atoms with Gasteiger partial charge in [-0.05, 0) is 48.7 Å². The zero-order chi connectivity index (χ0) is 28.8. The highest BCUT2D eigenvalue weighted by molar-refractivity contribution is 6.50. The van der Waals surface area contributed by atoms with Gasteiger partial charge in [0.2, 0.25) is 0 Å². The molecule has 2 aromatic rings. The van der Waals surface area contributed by atoms with Gasteiger partial charge in [0.15, 0.2) is 15.8 Å². The summed E-state index contributed by atoms with van der Waals surface area (Å²) in [4.78, 5) is 17.0. The normalized spacial score (nSPS) is 16.2. The van der Waals surface area contributed by atoms with Gasteiger partial charge >= 0.3 is 0 Å². The number of alkyl halides is 2. The second kappa shape index (κ2) is 17.2. The summed E-state index contributed by atoms with van der Waals surface area (Å²) in [6.45, 7) is 5.08. The lowest BCUT2D eigenvalue weighted by molar-refractivity contribution is -0.118. The van der Waals surface area contributed by atoms with Crippen LogP contribution in [0.3, 0.4) is 0 Å². The van der Waals surface area contributed by atoms with Crippen LogP contribution >= 0.6 is 23.2 Å². The van der Waals surface area contributed by atoms with Crippen LogP contribution < -0.4 is 9.47 Å². The van der Waals surface area contributed by atoms with E-state index in [0.29, 0.717) is 35.8 Å². The summed E-state index contributed by atoms with van der Waals surface area (Å²) >= 11 is 14.1. The van der Waals surface area contributed by atoms with Gasteiger partial charge in [-0.3, -0.25) is 9.78 Å². The van der Waals surface area contributed by atoms with E-state index in [4.69, 9.17) is 37.4 Å². The standard InChI is InChI=1S/C33H47Cl2NO4/c1-4-5-6-7-8-9-10-11-12-13-14-15-29(25(2)37)26-22-30(33(34,35)27-16-19-36-20-17-27)32(38-3)31(23-26)40-28-18-21-39-24-28/h16-17,19-20,22-23,28-29H,4-15,18,21,24H2,1-3H3. The third-order valence-electron chi connectivity index (χ3n) is 7.83. The van der Waals surface area contributed by atoms with Crippen LogP contribution in [-0.2, 0) is 13.9 Å². The second-order valence-electron chi connectivity index (χ2n) is 11.0. The molecule has 1 aliphatic rings. The summed E-state index contributed by atoms with van der Waals surface area (Å²) in [7, 11) is 1.58. The maximum absolute atomic E-state index is 12.9. The molecule has 1 aromatic carbocycles. The van der Waals surface area contributed by atoms with Crippen LogP contribution in [0.1, 0.15) is 120 Å². The highest BCUT2D eigenvalue weighted by atomic mass is 35.5. The maximum atomic E-state index is 12.9. The first-order chi connectivity index (χ1) is 19.4. The molecule has 0 spiro atoms. The van der Waals surface area contributed by atoms with Crippen LogP contribution in [0.25, 0.3) is 0 Å². The molecule has 1 aliphatic heterocycles. The number of methoxy groups -OCH3 is 1. The molecule has 0 N–H and O–H groups in total. The van der Waals surface area contributed by atoms with Gasteiger partial charge in [0.1, 0.15) is 11.9 Å². The van der Waals surface area contributed by atoms with Crippen molar-refractivity contribution in [3.63, 3.8) is 0 Å². The summed E-state index contributed by atoms with van der Waals surface area (Å²) in [5.74, 6) is 0.855. The van der Waals surface area contributed by atoms with Crippen LogP contribution in [-0.4, -0.2) is 37.2 Å². The van der Waals surface area contributed by atoms with Gasteiger partial charge < -0.3 is 14.2 Å². The summed E-state index contributed by atoms with van der Waals surface area (Å²) in [6, 6.07) is 7.42. The lowest BCUT2D eigenvalue weighted by atomic mass is 9.87. The summed E-state index contributed by atoms with van der Waals surface area (Å²) in [5, 5.41) is 0. The van der Waals surface area contributed by atoms with Gasteiger partial charge in [-0.15, -0.1) is 0 Å². The number of pyridine rings is 1. The number of Topliss-reactive ketones (excluding diaryl/α,β-unsaturated/α-hetero) is 1. The number of halogens is 2. The van der Waals surface area contributed by atoms with E-state index in [9.17, 15) is 4.79 Å². The predicted octanol–water partition coefficient (Wildman–Crippen LogP) is 9.31. The number of nitrogens with zero attached hydrogens (tertiary/aromatic N) is 1. The molecule has 0 aliphatic carbocycles. The molecule has 40 heavy (non-hydrogen) atoms. The van der Waals surface area contributed by atoms with Gasteiger partial charge in [-0.25, -0.2) is 0 Å². The Balaban J connectivity index is 1.74. The molecule has 0 bridgehead atoms. The average molecular weight is 593 g/mol. The SMILES string of the molecule is CCCCCCCCCCCCCC(C(C)=O)c1cc(OC2CCOC2)c(OC)c(C(Cl)(Cl)c2ccncc2)c1. The van der Waals surface area contributed by atoms with Crippen molar-refractivity contribution in [3.05, 3.63) is 53.3 Å². The minimum Gasteiger partial charge on any atom is -0.492 e. The molecular weight excluding hydrogens is 545 g/mol. The number of rotatable bonds is 19. The van der Waals surface area contributed by atoms with Crippen molar-refractivity contribution in [3.8, 4) is 11.5 Å². The summed E-state index contributed by atoms with van der Waals surface area (Å²) < 4.78 is 16.3. The third kappa shape index (κ3) is 9.63. The molecule has 2 heterocycles. The zero-order valence-electron chi connectivity index (χ0n) is 24.6. The molecule has 2 atom stereocenters. The fraction of sp³-hybridized carbons (Fsp3) is 0.636. The van der Waals surface area contributed by atoms with Gasteiger partial charge in [-0.1, -0.05) is 101 Å². The number of unbranched alkanes of at least 4 members (excludes halogenated alkanes) is 10. The van der Waals surface area contributed by atoms with Crippen molar-refractivity contribution in [2.24, 2.45) is 0 Å². The fourth-order valence-corrected chi connectivity index (χ4v) is 6.01. The van der Waals surface area contributed by atoms with Crippen molar-refractivity contribution in [1.29, 1.82) is 0 Å². The Morgan fingerprint density at radius 1 is 1.02 bits per heavy atom. The van der Waals surface area contributed by atoms with Gasteiger partial charge in [0.25, 0.3) is 0 Å². The van der Waals surface area contributed by atoms with Gasteiger partial charge in [0.05, 0.1) is 20.3 Å². The molecular formula is C33H47Cl2NO4. The first-order valence-corrected chi connectivity index (χ1v) is 15.9. The van der Waals surface area contributed by atoms with Crippen LogP contribution in [0.2, 0.25) is 0 Å². The highest BCUT2D eigenvalue weighted by Crippen LogP contribution is 2.49. The Labute approximate surface area is 251 Å². The number of ether oxygens (including phenoxy) is 3. The molecule has 222 valence electrons. The van der Waals surface area contributed by atoms with E-state index < -0.39 is 4.33 Å². The van der Waals surface area contributed by atoms with Crippen LogP contribution in [0, 0.1) is 0 Å². The Hall–Kier alpha value is -1.82. The minimum atomic E-state index is -1.42. The molecule has 0 saturated carbocycles. The first-order valence-electron chi connectivity index (χ1n) is 15.1. The van der Waals surface area contributed by atoms with E-state index in [-0.39, 0.29) is 17.8 Å². The van der Waals surface area contributed by atoms with E-state index in [1.54, 1.807) is 38.6 Å². The van der Waals surface area contributed by atoms with Crippen molar-refractivity contribution >= 4 is 29.0 Å². The van der Waals surface area contributed by atoms with Crippen LogP contribution in [0.15, 0.2) is 36.7 Å². The summed E-state index contributed by atoms with van der Waals surface area (Å²) in [5.41, 5.74) is 2.08. The van der Waals surface area contributed by atoms with E-state index in [0.717, 1.165) is 31.2 Å². The number of ketones is 1. The van der Waals surface area contributed by atoms with E-state index >= 15 is 0 Å². The van der Waals surface area contributed by atoms with E-state index in [1.165, 1.54) is 57.8 Å². The quantitative estimate of drug-likeness (QED) is 0.120. The smallest absolute Gasteiger partial charge is 0.171 e. The fourth-order valence-electron chi connectivity index (χ4n) is 5.48. The highest BCUT2D eigenvalue weighted by Gasteiger charge is 2.36. The van der Waals surface area contributed by atoms with Crippen molar-refractivity contribution in [2.45, 2.75) is 114 Å². The van der Waals surface area contributed by atoms with Crippen molar-refractivity contribution in [2.75, 3.05) is 20.3 Å². The van der Waals surface area contributed by atoms with E-state index in [1.807, 2.05) is 12.1 Å². The number of carbonyl (C=O) groups excluding carboxylic acids is 1. The Bertz CT molecular complexity index is 1020. The number of carbonyl (C=O) groups is 1. The predicted molar refractivity (Wildman–Crippen MR) is 164 cm³/mol. The second-order valence-corrected chi connectivity index (χ2v) is 12.3. The molecule has 1 aromatic heterocycles. The van der Waals surface area contributed by atoms with Gasteiger partial charge in [-0.2, -0.15) is 0 Å². The molecule has 0 radical (unpaired) electrons. The maximum Gasteiger partial charge on any atom is 0.171 e. The first kappa shape index (κ1) is 32.7. The topological polar surface area (TPSA) is 57.7 Å². The number of hydrogen-bond acceptors (Lipinski definition) is 5. The zero-order valence-corrected chi connectivity index (χ0v) is 26.1. The number of hydrogen-bond donors (Lipinski definition) is 0. The number of benzene rings is 1. The largest absolute Gasteiger partial charge is 0.492 e. The molecule has 1 saturated heterocycles. The molecule has 2 unspecified atom stereocenters. The van der Waals surface area contributed by atoms with Crippen molar-refractivity contribution in [1.82, 2.24) is 4.98 Å². The van der Waals surface area contributed by atoms with Crippen molar-refractivity contribution < 1.29 is 19.0 Å². The Kier molecular flexibility index (Phi) is 14.1. The lowest BCUT2D eigenvalue weighted by Crippen LogP contribution is -2.20. The number of aromatic nitrogens is 1. The van der Waals surface area contributed by atoms with Gasteiger partial charge in [0, 0.05) is 30.3 Å². The molecule has 3 rings (SSSR count). The minimum absolute atomic E-state index is 0.0969. The third-order valence-corrected chi connectivity index (χ3v) is 8.68. The average Bonchev–Trinajstić information content (AvgIpc) is 3.46. The monoisotopic (exact) mass is 591 g/mol. The molecule has 5 nitrogen and oxygen atoms in total. The molecule has 0 amide bonds. The van der Waals surface area contributed by atoms with Crippen LogP contribution in [0.4, 0.5) is 0 Å². The lowest BCUT2D eigenvalue weighted by Gasteiger charge is -2.27. The molecule has 1 fully saturated rings. The molecule has 7 heteroatoms. The Morgan fingerprint density at radius 2 is 1.65 bits per heavy atom. The van der Waals surface area contributed by atoms with E-state index in [2.05, 4.69) is 11.9 Å². The van der Waals surface area contributed by atoms with Crippen LogP contribution in [0.5, 0.6) is 11.5 Å². The summed E-state index contributed by atoms with van der Waals surface area (Å²) in [6.07, 6.45) is 18.7.